The Morgan fingerprint density at radius 3 is 2.73 bits per heavy atom. The van der Waals surface area contributed by atoms with Gasteiger partial charge in [-0.05, 0) is 48.7 Å². The number of anilines is 1. The van der Waals surface area contributed by atoms with Crippen molar-refractivity contribution >= 4 is 27.5 Å². The maximum absolute atomic E-state index is 12.8. The van der Waals surface area contributed by atoms with Gasteiger partial charge in [0.25, 0.3) is 0 Å². The zero-order valence-corrected chi connectivity index (χ0v) is 14.3. The normalized spacial score (nSPS) is 16.8. The lowest BCUT2D eigenvalue weighted by Gasteiger charge is -2.16. The number of nitrogens with zero attached hydrogens (tertiary/aromatic N) is 1. The number of carbonyl (C=O) groups is 1. The average molecular weight is 360 g/mol. The minimum atomic E-state index is -0.149. The minimum Gasteiger partial charge on any atom is -0.496 e. The van der Waals surface area contributed by atoms with Crippen LogP contribution in [-0.2, 0) is 11.2 Å². The van der Waals surface area contributed by atoms with E-state index in [0.29, 0.717) is 13.0 Å². The summed E-state index contributed by atoms with van der Waals surface area (Å²) in [5.74, 6) is 0.854. The monoisotopic (exact) mass is 359 g/mol. The Morgan fingerprint density at radius 1 is 1.23 bits per heavy atom. The number of fused-ring (bicyclic) bond motifs is 1. The maximum Gasteiger partial charge on any atom is 0.234 e. The third-order valence-electron chi connectivity index (χ3n) is 4.15. The van der Waals surface area contributed by atoms with Crippen LogP contribution in [0.5, 0.6) is 5.75 Å². The first-order valence-electron chi connectivity index (χ1n) is 7.38. The summed E-state index contributed by atoms with van der Waals surface area (Å²) in [4.78, 5) is 14.6. The van der Waals surface area contributed by atoms with Gasteiger partial charge in [0, 0.05) is 16.7 Å². The summed E-state index contributed by atoms with van der Waals surface area (Å²) in [7, 11) is 1.66. The smallest absolute Gasteiger partial charge is 0.234 e. The Balaban J connectivity index is 2.01. The molecule has 0 radical (unpaired) electrons. The van der Waals surface area contributed by atoms with Crippen molar-refractivity contribution in [2.75, 3.05) is 18.6 Å². The summed E-state index contributed by atoms with van der Waals surface area (Å²) in [6.07, 6.45) is 0.656. The van der Waals surface area contributed by atoms with Crippen LogP contribution in [0.25, 0.3) is 0 Å². The van der Waals surface area contributed by atoms with Crippen LogP contribution in [-0.4, -0.2) is 19.6 Å². The zero-order valence-electron chi connectivity index (χ0n) is 12.7. The Morgan fingerprint density at radius 2 is 2.00 bits per heavy atom. The molecule has 1 amide bonds. The van der Waals surface area contributed by atoms with Crippen molar-refractivity contribution in [3.05, 3.63) is 58.1 Å². The molecular weight excluding hydrogens is 342 g/mol. The van der Waals surface area contributed by atoms with E-state index in [4.69, 9.17) is 4.74 Å². The molecule has 1 unspecified atom stereocenters. The molecule has 2 aromatic carbocycles. The van der Waals surface area contributed by atoms with Gasteiger partial charge in [-0.3, -0.25) is 4.79 Å². The first kappa shape index (κ1) is 15.1. The number of benzene rings is 2. The summed E-state index contributed by atoms with van der Waals surface area (Å²) in [6.45, 7) is 2.70. The number of likely N-dealkylation sites (N-methyl/N-ethyl adjacent to an activating group) is 1. The number of rotatable bonds is 4. The highest BCUT2D eigenvalue weighted by Gasteiger charge is 2.36. The molecule has 0 saturated carbocycles. The molecule has 0 spiro atoms. The number of hydrogen-bond donors (Lipinski definition) is 0. The maximum atomic E-state index is 12.8. The Bertz CT molecular complexity index is 714. The van der Waals surface area contributed by atoms with Crippen molar-refractivity contribution in [3.63, 3.8) is 0 Å². The molecule has 0 aromatic heterocycles. The van der Waals surface area contributed by atoms with Gasteiger partial charge in [-0.25, -0.2) is 0 Å². The van der Waals surface area contributed by atoms with Crippen LogP contribution in [0.4, 0.5) is 5.69 Å². The van der Waals surface area contributed by atoms with Crippen LogP contribution in [0.1, 0.15) is 24.0 Å². The van der Waals surface area contributed by atoms with Gasteiger partial charge in [0.05, 0.1) is 13.0 Å². The summed E-state index contributed by atoms with van der Waals surface area (Å²) >= 11 is 3.51. The van der Waals surface area contributed by atoms with Gasteiger partial charge >= 0.3 is 0 Å². The Labute approximate surface area is 139 Å². The molecule has 22 heavy (non-hydrogen) atoms. The van der Waals surface area contributed by atoms with Gasteiger partial charge in [-0.1, -0.05) is 34.1 Å². The van der Waals surface area contributed by atoms with Gasteiger partial charge < -0.3 is 9.64 Å². The predicted molar refractivity (Wildman–Crippen MR) is 91.6 cm³/mol. The van der Waals surface area contributed by atoms with Gasteiger partial charge in [0.15, 0.2) is 0 Å². The molecule has 0 aliphatic carbocycles. The van der Waals surface area contributed by atoms with E-state index in [2.05, 4.69) is 22.0 Å². The third kappa shape index (κ3) is 2.52. The standard InChI is InChI=1S/C18H18BrNO2/c1-3-20-16-9-8-13(19)11-14(16)15(18(20)21)10-12-6-4-5-7-17(12)22-2/h4-9,11,15H,3,10H2,1-2H3. The van der Waals surface area contributed by atoms with Crippen LogP contribution in [0, 0.1) is 0 Å². The SMILES string of the molecule is CCN1C(=O)C(Cc2ccccc2OC)c2cc(Br)ccc21. The largest absolute Gasteiger partial charge is 0.496 e. The highest BCUT2D eigenvalue weighted by Crippen LogP contribution is 2.41. The second kappa shape index (κ2) is 6.13. The fourth-order valence-electron chi connectivity index (χ4n) is 3.11. The lowest BCUT2D eigenvalue weighted by Crippen LogP contribution is -2.29. The van der Waals surface area contributed by atoms with E-state index in [0.717, 1.165) is 27.0 Å². The molecule has 1 atom stereocenters. The van der Waals surface area contributed by atoms with Gasteiger partial charge in [0.1, 0.15) is 5.75 Å². The molecule has 0 saturated heterocycles. The van der Waals surface area contributed by atoms with E-state index in [9.17, 15) is 4.79 Å². The number of ether oxygens (including phenoxy) is 1. The fraction of sp³-hybridized carbons (Fsp3) is 0.278. The topological polar surface area (TPSA) is 29.5 Å². The second-order valence-corrected chi connectivity index (χ2v) is 6.27. The van der Waals surface area contributed by atoms with E-state index in [1.54, 1.807) is 7.11 Å². The molecule has 114 valence electrons. The van der Waals surface area contributed by atoms with Crippen LogP contribution in [0.15, 0.2) is 46.9 Å². The molecule has 3 nitrogen and oxygen atoms in total. The van der Waals surface area contributed by atoms with Crippen molar-refractivity contribution < 1.29 is 9.53 Å². The Hall–Kier alpha value is -1.81. The minimum absolute atomic E-state index is 0.149. The third-order valence-corrected chi connectivity index (χ3v) is 4.65. The van der Waals surface area contributed by atoms with E-state index in [1.165, 1.54) is 0 Å². The molecule has 1 aliphatic rings. The van der Waals surface area contributed by atoms with E-state index in [-0.39, 0.29) is 11.8 Å². The highest BCUT2D eigenvalue weighted by molar-refractivity contribution is 9.10. The van der Waals surface area contributed by atoms with E-state index in [1.807, 2.05) is 48.2 Å². The Kier molecular flexibility index (Phi) is 4.21. The predicted octanol–water partition coefficient (Wildman–Crippen LogP) is 4.15. The van der Waals surface area contributed by atoms with Gasteiger partial charge in [0.2, 0.25) is 5.91 Å². The lowest BCUT2D eigenvalue weighted by molar-refractivity contribution is -0.119. The average Bonchev–Trinajstić information content (AvgIpc) is 2.79. The van der Waals surface area contributed by atoms with E-state index < -0.39 is 0 Å². The van der Waals surface area contributed by atoms with Crippen LogP contribution < -0.4 is 9.64 Å². The highest BCUT2D eigenvalue weighted by atomic mass is 79.9. The molecule has 1 heterocycles. The summed E-state index contributed by atoms with van der Waals surface area (Å²) in [6, 6.07) is 14.0. The number of methoxy groups -OCH3 is 1. The van der Waals surface area contributed by atoms with Crippen LogP contribution in [0.2, 0.25) is 0 Å². The van der Waals surface area contributed by atoms with Crippen LogP contribution >= 0.6 is 15.9 Å². The van der Waals surface area contributed by atoms with Crippen LogP contribution in [0.3, 0.4) is 0 Å². The molecule has 0 N–H and O–H groups in total. The zero-order chi connectivity index (χ0) is 15.7. The molecule has 0 bridgehead atoms. The van der Waals surface area contributed by atoms with Gasteiger partial charge in [-0.15, -0.1) is 0 Å². The molecule has 3 rings (SSSR count). The first-order valence-corrected chi connectivity index (χ1v) is 8.17. The van der Waals surface area contributed by atoms with Crippen molar-refractivity contribution in [3.8, 4) is 5.75 Å². The summed E-state index contributed by atoms with van der Waals surface area (Å²) in [5.41, 5.74) is 3.18. The van der Waals surface area contributed by atoms with Crippen molar-refractivity contribution in [1.29, 1.82) is 0 Å². The first-order chi connectivity index (χ1) is 10.7. The quantitative estimate of drug-likeness (QED) is 0.820. The second-order valence-electron chi connectivity index (χ2n) is 5.35. The molecule has 2 aromatic rings. The lowest BCUT2D eigenvalue weighted by atomic mass is 9.93. The van der Waals surface area contributed by atoms with Crippen molar-refractivity contribution in [2.45, 2.75) is 19.3 Å². The molecular formula is C18H18BrNO2. The van der Waals surface area contributed by atoms with Crippen molar-refractivity contribution in [2.24, 2.45) is 0 Å². The number of halogens is 1. The number of carbonyl (C=O) groups excluding carboxylic acids is 1. The molecule has 4 heteroatoms. The van der Waals surface area contributed by atoms with E-state index >= 15 is 0 Å². The van der Waals surface area contributed by atoms with Crippen molar-refractivity contribution in [1.82, 2.24) is 0 Å². The number of hydrogen-bond acceptors (Lipinski definition) is 2. The number of amides is 1. The van der Waals surface area contributed by atoms with Gasteiger partial charge in [-0.2, -0.15) is 0 Å². The molecule has 1 aliphatic heterocycles. The number of para-hydroxylation sites is 1. The summed E-state index contributed by atoms with van der Waals surface area (Å²) in [5, 5.41) is 0. The summed E-state index contributed by atoms with van der Waals surface area (Å²) < 4.78 is 6.42. The molecule has 0 fully saturated rings. The fourth-order valence-corrected chi connectivity index (χ4v) is 3.48.